The van der Waals surface area contributed by atoms with Crippen LogP contribution < -0.4 is 10.1 Å². The fourth-order valence-corrected chi connectivity index (χ4v) is 3.50. The summed E-state index contributed by atoms with van der Waals surface area (Å²) >= 11 is 0. The smallest absolute Gasteiger partial charge is 0.242 e. The Hall–Kier alpha value is -2.86. The second-order valence-electron chi connectivity index (χ2n) is 7.30. The minimum absolute atomic E-state index is 0.0160. The number of carbonyl (C=O) groups is 2. The quantitative estimate of drug-likeness (QED) is 0.780. The number of hydrogen-bond donors (Lipinski definition) is 1. The van der Waals surface area contributed by atoms with Gasteiger partial charge < -0.3 is 15.0 Å². The second-order valence-corrected chi connectivity index (χ2v) is 7.30. The Morgan fingerprint density at radius 3 is 2.41 bits per heavy atom. The molecular formula is C23H29N3O3. The summed E-state index contributed by atoms with van der Waals surface area (Å²) in [4.78, 5) is 28.8. The van der Waals surface area contributed by atoms with E-state index in [1.807, 2.05) is 47.4 Å². The molecule has 6 nitrogen and oxygen atoms in total. The van der Waals surface area contributed by atoms with Crippen molar-refractivity contribution in [3.8, 4) is 5.75 Å². The first-order valence-corrected chi connectivity index (χ1v) is 10.1. The Morgan fingerprint density at radius 1 is 0.931 bits per heavy atom. The van der Waals surface area contributed by atoms with Gasteiger partial charge in [0.25, 0.3) is 0 Å². The predicted octanol–water partition coefficient (Wildman–Crippen LogP) is 2.09. The topological polar surface area (TPSA) is 61.9 Å². The zero-order valence-corrected chi connectivity index (χ0v) is 17.0. The molecule has 2 aromatic carbocycles. The van der Waals surface area contributed by atoms with Gasteiger partial charge in [-0.15, -0.1) is 0 Å². The highest BCUT2D eigenvalue weighted by atomic mass is 16.5. The highest BCUT2D eigenvalue weighted by Gasteiger charge is 2.19. The molecule has 1 saturated heterocycles. The molecule has 0 spiro atoms. The van der Waals surface area contributed by atoms with E-state index in [9.17, 15) is 9.59 Å². The molecule has 0 radical (unpaired) electrons. The molecule has 0 atom stereocenters. The Kier molecular flexibility index (Phi) is 7.64. The summed E-state index contributed by atoms with van der Waals surface area (Å²) in [5, 5.41) is 2.75. The van der Waals surface area contributed by atoms with E-state index in [4.69, 9.17) is 4.74 Å². The molecule has 3 rings (SSSR count). The van der Waals surface area contributed by atoms with Gasteiger partial charge in [0.2, 0.25) is 11.8 Å². The van der Waals surface area contributed by atoms with Gasteiger partial charge in [-0.2, -0.15) is 0 Å². The largest absolute Gasteiger partial charge is 0.497 e. The minimum atomic E-state index is -0.125. The third-order valence-corrected chi connectivity index (χ3v) is 5.15. The summed E-state index contributed by atoms with van der Waals surface area (Å²) in [5.74, 6) is 0.717. The monoisotopic (exact) mass is 395 g/mol. The van der Waals surface area contributed by atoms with Gasteiger partial charge in [0.05, 0.1) is 20.1 Å². The predicted molar refractivity (Wildman–Crippen MR) is 113 cm³/mol. The number of benzene rings is 2. The van der Waals surface area contributed by atoms with Crippen molar-refractivity contribution in [3.63, 3.8) is 0 Å². The Morgan fingerprint density at radius 2 is 1.69 bits per heavy atom. The maximum Gasteiger partial charge on any atom is 0.242 e. The van der Waals surface area contributed by atoms with Gasteiger partial charge in [0, 0.05) is 32.7 Å². The van der Waals surface area contributed by atoms with Crippen molar-refractivity contribution >= 4 is 11.8 Å². The maximum absolute atomic E-state index is 12.5. The van der Waals surface area contributed by atoms with Crippen molar-refractivity contribution in [2.45, 2.75) is 19.4 Å². The van der Waals surface area contributed by atoms with Gasteiger partial charge >= 0.3 is 0 Å². The van der Waals surface area contributed by atoms with Crippen molar-refractivity contribution < 1.29 is 14.3 Å². The molecule has 2 amide bonds. The molecule has 154 valence electrons. The zero-order chi connectivity index (χ0) is 20.5. The number of amides is 2. The number of carbonyl (C=O) groups excluding carboxylic acids is 2. The minimum Gasteiger partial charge on any atom is -0.497 e. The summed E-state index contributed by atoms with van der Waals surface area (Å²) in [6.07, 6.45) is 1.23. The zero-order valence-electron chi connectivity index (χ0n) is 17.0. The van der Waals surface area contributed by atoms with Crippen LogP contribution in [-0.4, -0.2) is 61.4 Å². The van der Waals surface area contributed by atoms with Crippen LogP contribution in [-0.2, 0) is 22.6 Å². The summed E-state index contributed by atoms with van der Waals surface area (Å²) in [6.45, 7) is 4.12. The normalized spacial score (nSPS) is 14.9. The van der Waals surface area contributed by atoms with Gasteiger partial charge in [-0.1, -0.05) is 42.5 Å². The molecule has 0 aromatic heterocycles. The third-order valence-electron chi connectivity index (χ3n) is 5.15. The Balaban J connectivity index is 1.42. The number of nitrogens with one attached hydrogen (secondary N) is 1. The standard InChI is InChI=1S/C23H29N3O3/c1-29-21-10-8-20(9-11-21)18-25-12-5-13-26(15-14-25)23(28)17-24-22(27)16-19-6-3-2-4-7-19/h2-4,6-11H,5,12-18H2,1H3,(H,24,27). The van der Waals surface area contributed by atoms with E-state index in [1.54, 1.807) is 7.11 Å². The van der Waals surface area contributed by atoms with E-state index in [0.717, 1.165) is 43.9 Å². The number of hydrogen-bond acceptors (Lipinski definition) is 4. The van der Waals surface area contributed by atoms with Crippen molar-refractivity contribution in [3.05, 3.63) is 65.7 Å². The molecular weight excluding hydrogens is 366 g/mol. The molecule has 1 fully saturated rings. The number of methoxy groups -OCH3 is 1. The highest BCUT2D eigenvalue weighted by molar-refractivity contribution is 5.85. The molecule has 2 aromatic rings. The number of nitrogens with zero attached hydrogens (tertiary/aromatic N) is 2. The van der Waals surface area contributed by atoms with Gasteiger partial charge in [0.1, 0.15) is 5.75 Å². The van der Waals surface area contributed by atoms with E-state index >= 15 is 0 Å². The van der Waals surface area contributed by atoms with Crippen LogP contribution in [0.15, 0.2) is 54.6 Å². The van der Waals surface area contributed by atoms with Crippen LogP contribution in [0.25, 0.3) is 0 Å². The fourth-order valence-electron chi connectivity index (χ4n) is 3.50. The summed E-state index contributed by atoms with van der Waals surface area (Å²) in [5.41, 5.74) is 2.18. The molecule has 0 bridgehead atoms. The highest BCUT2D eigenvalue weighted by Crippen LogP contribution is 2.14. The van der Waals surface area contributed by atoms with E-state index in [1.165, 1.54) is 5.56 Å². The lowest BCUT2D eigenvalue weighted by atomic mass is 10.1. The van der Waals surface area contributed by atoms with Gasteiger partial charge in [-0.05, 0) is 29.7 Å². The van der Waals surface area contributed by atoms with Gasteiger partial charge in [-0.3, -0.25) is 14.5 Å². The van der Waals surface area contributed by atoms with Crippen molar-refractivity contribution in [2.75, 3.05) is 39.8 Å². The van der Waals surface area contributed by atoms with Crippen LogP contribution in [0.5, 0.6) is 5.75 Å². The average molecular weight is 396 g/mol. The lowest BCUT2D eigenvalue weighted by Crippen LogP contribution is -2.42. The number of rotatable bonds is 7. The van der Waals surface area contributed by atoms with Gasteiger partial charge in [0.15, 0.2) is 0 Å². The van der Waals surface area contributed by atoms with Crippen LogP contribution >= 0.6 is 0 Å². The first kappa shape index (κ1) is 20.9. The molecule has 1 N–H and O–H groups in total. The molecule has 6 heteroatoms. The van der Waals surface area contributed by atoms with E-state index < -0.39 is 0 Å². The molecule has 1 aliphatic heterocycles. The second kappa shape index (κ2) is 10.6. The Bertz CT molecular complexity index is 793. The number of ether oxygens (including phenoxy) is 1. The van der Waals surface area contributed by atoms with E-state index in [2.05, 4.69) is 22.3 Å². The molecule has 0 aliphatic carbocycles. The van der Waals surface area contributed by atoms with Crippen LogP contribution in [0.3, 0.4) is 0 Å². The van der Waals surface area contributed by atoms with Crippen LogP contribution in [0, 0.1) is 0 Å². The lowest BCUT2D eigenvalue weighted by molar-refractivity contribution is -0.132. The first-order valence-electron chi connectivity index (χ1n) is 10.1. The maximum atomic E-state index is 12.5. The lowest BCUT2D eigenvalue weighted by Gasteiger charge is -2.22. The SMILES string of the molecule is COc1ccc(CN2CCCN(C(=O)CNC(=O)Cc3ccccc3)CC2)cc1. The molecule has 1 aliphatic rings. The molecule has 1 heterocycles. The Labute approximate surface area is 172 Å². The van der Waals surface area contributed by atoms with Crippen molar-refractivity contribution in [1.82, 2.24) is 15.1 Å². The van der Waals surface area contributed by atoms with E-state index in [0.29, 0.717) is 13.0 Å². The van der Waals surface area contributed by atoms with Crippen molar-refractivity contribution in [2.24, 2.45) is 0 Å². The fraction of sp³-hybridized carbons (Fsp3) is 0.391. The molecule has 29 heavy (non-hydrogen) atoms. The van der Waals surface area contributed by atoms with Crippen LogP contribution in [0.2, 0.25) is 0 Å². The first-order chi connectivity index (χ1) is 14.1. The third kappa shape index (κ3) is 6.61. The summed E-state index contributed by atoms with van der Waals surface area (Å²) < 4.78 is 5.20. The van der Waals surface area contributed by atoms with Gasteiger partial charge in [-0.25, -0.2) is 0 Å². The van der Waals surface area contributed by atoms with E-state index in [-0.39, 0.29) is 18.4 Å². The summed E-state index contributed by atoms with van der Waals surface area (Å²) in [6, 6.07) is 17.7. The molecule has 0 saturated carbocycles. The van der Waals surface area contributed by atoms with Crippen LogP contribution in [0.1, 0.15) is 17.5 Å². The van der Waals surface area contributed by atoms with Crippen LogP contribution in [0.4, 0.5) is 0 Å². The summed E-state index contributed by atoms with van der Waals surface area (Å²) in [7, 11) is 1.67. The average Bonchev–Trinajstić information content (AvgIpc) is 2.99. The molecule has 0 unspecified atom stereocenters. The van der Waals surface area contributed by atoms with Crippen molar-refractivity contribution in [1.29, 1.82) is 0 Å².